The maximum absolute atomic E-state index is 5.60. The standard InChI is InChI=1S/C24H25N5OS/c1-4-18-15-20(22(28-30-12-13-31-3)19-8-6-5-7-9-19)16-25-23(18)24-26-21-14-17(2)10-11-29(21)27-24/h5-11,14-16H,4,12-13H2,1-3H3/b28-22+. The molecular formula is C24H25N5OS. The molecule has 1 aromatic carbocycles. The largest absolute Gasteiger partial charge is 0.394 e. The molecule has 4 rings (SSSR count). The molecule has 0 radical (unpaired) electrons. The van der Waals surface area contributed by atoms with Crippen molar-refractivity contribution in [2.75, 3.05) is 18.6 Å². The highest BCUT2D eigenvalue weighted by Gasteiger charge is 2.16. The molecule has 0 saturated carbocycles. The Labute approximate surface area is 186 Å². The summed E-state index contributed by atoms with van der Waals surface area (Å²) < 4.78 is 1.79. The van der Waals surface area contributed by atoms with Crippen LogP contribution in [0.3, 0.4) is 0 Å². The van der Waals surface area contributed by atoms with Crippen molar-refractivity contribution in [2.45, 2.75) is 20.3 Å². The number of aromatic nitrogens is 4. The third-order valence-corrected chi connectivity index (χ3v) is 5.48. The Balaban J connectivity index is 1.73. The molecule has 3 aromatic heterocycles. The Morgan fingerprint density at radius 1 is 1.13 bits per heavy atom. The highest BCUT2D eigenvalue weighted by atomic mass is 32.2. The van der Waals surface area contributed by atoms with Gasteiger partial charge in [0.1, 0.15) is 18.0 Å². The van der Waals surface area contributed by atoms with Gasteiger partial charge in [-0.25, -0.2) is 9.50 Å². The number of thioether (sulfide) groups is 1. The van der Waals surface area contributed by atoms with Crippen LogP contribution in [-0.4, -0.2) is 43.9 Å². The number of hydrogen-bond donors (Lipinski definition) is 0. The van der Waals surface area contributed by atoms with E-state index in [2.05, 4.69) is 34.5 Å². The highest BCUT2D eigenvalue weighted by Crippen LogP contribution is 2.22. The van der Waals surface area contributed by atoms with Crippen LogP contribution in [0.25, 0.3) is 17.2 Å². The van der Waals surface area contributed by atoms with Crippen LogP contribution in [0.5, 0.6) is 0 Å². The first kappa shape index (κ1) is 21.1. The normalized spacial score (nSPS) is 11.8. The summed E-state index contributed by atoms with van der Waals surface area (Å²) in [5, 5.41) is 9.07. The number of oxime groups is 1. The number of benzene rings is 1. The monoisotopic (exact) mass is 431 g/mol. The average molecular weight is 432 g/mol. The lowest BCUT2D eigenvalue weighted by atomic mass is 10.0. The third kappa shape index (κ3) is 4.77. The van der Waals surface area contributed by atoms with E-state index in [0.717, 1.165) is 51.5 Å². The summed E-state index contributed by atoms with van der Waals surface area (Å²) >= 11 is 1.73. The lowest BCUT2D eigenvalue weighted by Gasteiger charge is -2.10. The molecule has 0 atom stereocenters. The van der Waals surface area contributed by atoms with Gasteiger partial charge in [0.25, 0.3) is 0 Å². The van der Waals surface area contributed by atoms with Gasteiger partial charge in [0, 0.05) is 29.3 Å². The van der Waals surface area contributed by atoms with E-state index in [1.54, 1.807) is 16.3 Å². The summed E-state index contributed by atoms with van der Waals surface area (Å²) in [5.41, 5.74) is 6.50. The Morgan fingerprint density at radius 3 is 2.74 bits per heavy atom. The first-order valence-electron chi connectivity index (χ1n) is 10.3. The second-order valence-corrected chi connectivity index (χ2v) is 8.15. The van der Waals surface area contributed by atoms with E-state index in [1.807, 2.05) is 61.8 Å². The van der Waals surface area contributed by atoms with E-state index >= 15 is 0 Å². The molecule has 0 aliphatic heterocycles. The van der Waals surface area contributed by atoms with Crippen LogP contribution in [0.4, 0.5) is 0 Å². The predicted molar refractivity (Wildman–Crippen MR) is 127 cm³/mol. The van der Waals surface area contributed by atoms with Gasteiger partial charge in [0.15, 0.2) is 5.65 Å². The van der Waals surface area contributed by atoms with Crippen molar-refractivity contribution in [3.63, 3.8) is 0 Å². The molecular weight excluding hydrogens is 406 g/mol. The van der Waals surface area contributed by atoms with Gasteiger partial charge < -0.3 is 4.84 Å². The van der Waals surface area contributed by atoms with Crippen LogP contribution in [0.15, 0.2) is 66.1 Å². The second-order valence-electron chi connectivity index (χ2n) is 7.16. The van der Waals surface area contributed by atoms with Crippen LogP contribution >= 0.6 is 11.8 Å². The summed E-state index contributed by atoms with van der Waals surface area (Å²) in [5.74, 6) is 1.52. The van der Waals surface area contributed by atoms with Crippen LogP contribution in [0.2, 0.25) is 0 Å². The summed E-state index contributed by atoms with van der Waals surface area (Å²) in [6.07, 6.45) is 6.61. The fraction of sp³-hybridized carbons (Fsp3) is 0.250. The van der Waals surface area contributed by atoms with Gasteiger partial charge in [-0.1, -0.05) is 42.4 Å². The average Bonchev–Trinajstić information content (AvgIpc) is 3.22. The quantitative estimate of drug-likeness (QED) is 0.228. The molecule has 31 heavy (non-hydrogen) atoms. The number of rotatable bonds is 8. The lowest BCUT2D eigenvalue weighted by molar-refractivity contribution is 0.162. The van der Waals surface area contributed by atoms with Gasteiger partial charge >= 0.3 is 0 Å². The van der Waals surface area contributed by atoms with Crippen molar-refractivity contribution >= 4 is 23.1 Å². The van der Waals surface area contributed by atoms with Crippen LogP contribution in [-0.2, 0) is 11.3 Å². The number of hydrogen-bond acceptors (Lipinski definition) is 6. The SMILES string of the molecule is CCc1cc(/C(=N/OCCSC)c2ccccc2)cnc1-c1nc2cc(C)ccn2n1. The molecule has 6 nitrogen and oxygen atoms in total. The molecule has 0 aliphatic rings. The van der Waals surface area contributed by atoms with Gasteiger partial charge in [0.2, 0.25) is 5.82 Å². The van der Waals surface area contributed by atoms with Gasteiger partial charge in [-0.3, -0.25) is 4.98 Å². The Hall–Kier alpha value is -3.19. The molecule has 0 aliphatic carbocycles. The number of fused-ring (bicyclic) bond motifs is 1. The van der Waals surface area contributed by atoms with E-state index in [9.17, 15) is 0 Å². The van der Waals surface area contributed by atoms with Gasteiger partial charge in [-0.05, 0) is 48.9 Å². The predicted octanol–water partition coefficient (Wildman–Crippen LogP) is 4.79. The minimum atomic E-state index is 0.564. The smallest absolute Gasteiger partial charge is 0.201 e. The van der Waals surface area contributed by atoms with E-state index in [4.69, 9.17) is 9.82 Å². The van der Waals surface area contributed by atoms with E-state index in [-0.39, 0.29) is 0 Å². The van der Waals surface area contributed by atoms with Crippen molar-refractivity contribution in [1.29, 1.82) is 0 Å². The lowest BCUT2D eigenvalue weighted by Crippen LogP contribution is -2.08. The molecule has 0 bridgehead atoms. The first-order chi connectivity index (χ1) is 15.2. The molecule has 0 amide bonds. The molecule has 0 saturated heterocycles. The molecule has 4 aromatic rings. The summed E-state index contributed by atoms with van der Waals surface area (Å²) in [6.45, 7) is 4.72. The fourth-order valence-electron chi connectivity index (χ4n) is 3.29. The van der Waals surface area contributed by atoms with Crippen molar-refractivity contribution in [3.8, 4) is 11.5 Å². The summed E-state index contributed by atoms with van der Waals surface area (Å²) in [4.78, 5) is 15.0. The number of nitrogens with zero attached hydrogens (tertiary/aromatic N) is 5. The molecule has 3 heterocycles. The topological polar surface area (TPSA) is 64.7 Å². The molecule has 0 N–H and O–H groups in total. The molecule has 0 spiro atoms. The molecule has 158 valence electrons. The summed E-state index contributed by atoms with van der Waals surface area (Å²) in [7, 11) is 0. The maximum Gasteiger partial charge on any atom is 0.201 e. The van der Waals surface area contributed by atoms with Crippen molar-refractivity contribution in [1.82, 2.24) is 19.6 Å². The fourth-order valence-corrected chi connectivity index (χ4v) is 3.53. The van der Waals surface area contributed by atoms with Gasteiger partial charge in [-0.15, -0.1) is 5.10 Å². The Bertz CT molecular complexity index is 1200. The number of pyridine rings is 2. The third-order valence-electron chi connectivity index (χ3n) is 4.91. The molecule has 0 fully saturated rings. The number of aryl methyl sites for hydroxylation is 2. The zero-order valence-electron chi connectivity index (χ0n) is 17.9. The molecule has 7 heteroatoms. The van der Waals surface area contributed by atoms with Gasteiger partial charge in [-0.2, -0.15) is 11.8 Å². The zero-order valence-corrected chi connectivity index (χ0v) is 18.8. The first-order valence-corrected chi connectivity index (χ1v) is 11.7. The second kappa shape index (κ2) is 9.75. The van der Waals surface area contributed by atoms with Crippen molar-refractivity contribution < 1.29 is 4.84 Å². The summed E-state index contributed by atoms with van der Waals surface area (Å²) in [6, 6.07) is 16.2. The highest BCUT2D eigenvalue weighted by molar-refractivity contribution is 7.98. The van der Waals surface area contributed by atoms with Crippen LogP contribution in [0, 0.1) is 6.92 Å². The van der Waals surface area contributed by atoms with Crippen molar-refractivity contribution in [3.05, 3.63) is 83.2 Å². The Morgan fingerprint density at radius 2 is 1.97 bits per heavy atom. The van der Waals surface area contributed by atoms with E-state index in [0.29, 0.717) is 12.4 Å². The minimum absolute atomic E-state index is 0.564. The van der Waals surface area contributed by atoms with Crippen molar-refractivity contribution in [2.24, 2.45) is 5.16 Å². The minimum Gasteiger partial charge on any atom is -0.394 e. The van der Waals surface area contributed by atoms with Crippen LogP contribution in [0.1, 0.15) is 29.2 Å². The maximum atomic E-state index is 5.60. The van der Waals surface area contributed by atoms with E-state index in [1.165, 1.54) is 0 Å². The van der Waals surface area contributed by atoms with E-state index < -0.39 is 0 Å². The van der Waals surface area contributed by atoms with Crippen LogP contribution < -0.4 is 0 Å². The molecule has 0 unspecified atom stereocenters. The van der Waals surface area contributed by atoms with Gasteiger partial charge in [0.05, 0.1) is 0 Å². The Kier molecular flexibility index (Phi) is 6.62. The zero-order chi connectivity index (χ0) is 21.6.